The van der Waals surface area contributed by atoms with Gasteiger partial charge >= 0.3 is 0 Å². The molecule has 1 aliphatic heterocycles. The second kappa shape index (κ2) is 11.0. The molecule has 27 heavy (non-hydrogen) atoms. The summed E-state index contributed by atoms with van der Waals surface area (Å²) in [5, 5.41) is 3.23. The fraction of sp³-hybridized carbons (Fsp3) is 0.611. The lowest BCUT2D eigenvalue weighted by molar-refractivity contribution is 0.266. The van der Waals surface area contributed by atoms with Gasteiger partial charge in [0.25, 0.3) is 0 Å². The van der Waals surface area contributed by atoms with Crippen molar-refractivity contribution in [3.63, 3.8) is 0 Å². The molecule has 1 fully saturated rings. The Hall–Kier alpha value is -1.10. The van der Waals surface area contributed by atoms with Crippen molar-refractivity contribution >= 4 is 45.6 Å². The number of guanidine groups is 1. The zero-order valence-electron chi connectivity index (χ0n) is 16.2. The van der Waals surface area contributed by atoms with E-state index in [0.717, 1.165) is 32.0 Å². The van der Waals surface area contributed by atoms with E-state index < -0.39 is 15.8 Å². The van der Waals surface area contributed by atoms with Gasteiger partial charge in [-0.2, -0.15) is 0 Å². The molecule has 0 bridgehead atoms. The number of rotatable bonds is 6. The number of hydrogen-bond acceptors (Lipinski definition) is 3. The van der Waals surface area contributed by atoms with Gasteiger partial charge in [0.05, 0.1) is 18.0 Å². The van der Waals surface area contributed by atoms with Crippen LogP contribution in [0.25, 0.3) is 0 Å². The number of anilines is 1. The van der Waals surface area contributed by atoms with E-state index in [-0.39, 0.29) is 42.0 Å². The summed E-state index contributed by atoms with van der Waals surface area (Å²) in [6.45, 7) is 8.58. The molecule has 0 amide bonds. The number of benzene rings is 1. The zero-order valence-corrected chi connectivity index (χ0v) is 19.3. The molecule has 2 rings (SSSR count). The number of hydrogen-bond donors (Lipinski definition) is 2. The van der Waals surface area contributed by atoms with Gasteiger partial charge in [0.1, 0.15) is 5.82 Å². The molecule has 1 unspecified atom stereocenters. The number of piperidine rings is 1. The molecule has 1 atom stereocenters. The molecule has 0 spiro atoms. The van der Waals surface area contributed by atoms with E-state index in [2.05, 4.69) is 26.9 Å². The summed E-state index contributed by atoms with van der Waals surface area (Å²) in [6, 6.07) is 4.29. The maximum absolute atomic E-state index is 13.6. The van der Waals surface area contributed by atoms with Gasteiger partial charge in [-0.3, -0.25) is 9.71 Å². The third-order valence-electron chi connectivity index (χ3n) is 4.36. The minimum Gasteiger partial charge on any atom is -0.357 e. The fourth-order valence-electron chi connectivity index (χ4n) is 2.97. The van der Waals surface area contributed by atoms with Crippen LogP contribution in [0.5, 0.6) is 0 Å². The van der Waals surface area contributed by atoms with Gasteiger partial charge in [0.15, 0.2) is 5.96 Å². The molecule has 1 aliphatic rings. The molecular formula is C18H30FIN4O2S. The Morgan fingerprint density at radius 3 is 2.78 bits per heavy atom. The fourth-order valence-corrected chi connectivity index (χ4v) is 3.89. The highest BCUT2D eigenvalue weighted by Gasteiger charge is 2.19. The van der Waals surface area contributed by atoms with E-state index in [9.17, 15) is 12.8 Å². The van der Waals surface area contributed by atoms with Gasteiger partial charge in [-0.25, -0.2) is 12.8 Å². The minimum absolute atomic E-state index is 0. The van der Waals surface area contributed by atoms with E-state index in [1.807, 2.05) is 6.92 Å². The average molecular weight is 512 g/mol. The van der Waals surface area contributed by atoms with Gasteiger partial charge in [-0.1, -0.05) is 13.0 Å². The molecule has 1 heterocycles. The number of halogens is 2. The van der Waals surface area contributed by atoms with Crippen LogP contribution in [-0.2, 0) is 10.0 Å². The number of aryl methyl sites for hydroxylation is 1. The van der Waals surface area contributed by atoms with Crippen molar-refractivity contribution < 1.29 is 12.8 Å². The third-order valence-corrected chi connectivity index (χ3v) is 5.62. The normalized spacial score (nSPS) is 18.0. The van der Waals surface area contributed by atoms with E-state index in [1.165, 1.54) is 12.5 Å². The Bertz CT molecular complexity index is 743. The molecule has 0 aromatic heterocycles. The summed E-state index contributed by atoms with van der Waals surface area (Å²) in [7, 11) is -3.59. The monoisotopic (exact) mass is 512 g/mol. The first-order valence-corrected chi connectivity index (χ1v) is 10.8. The SMILES string of the molecule is CCNC(=NCCS(=O)(=O)Nc1ccc(C)c(F)c1)N1CCCC(C)C1.I. The average Bonchev–Trinajstić information content (AvgIpc) is 2.57. The molecule has 0 saturated carbocycles. The Morgan fingerprint density at radius 1 is 1.41 bits per heavy atom. The highest BCUT2D eigenvalue weighted by molar-refractivity contribution is 14.0. The standard InChI is InChI=1S/C18H29FN4O2S.HI/c1-4-20-18(23-10-5-6-14(2)13-23)21-9-11-26(24,25)22-16-8-7-15(3)17(19)12-16;/h7-8,12,14,22H,4-6,9-11,13H2,1-3H3,(H,20,21);1H. The Kier molecular flexibility index (Phi) is 9.78. The number of aliphatic imine (C=N–C) groups is 1. The van der Waals surface area contributed by atoms with Gasteiger partial charge in [0.2, 0.25) is 10.0 Å². The molecule has 2 N–H and O–H groups in total. The van der Waals surface area contributed by atoms with Crippen molar-refractivity contribution in [3.05, 3.63) is 29.6 Å². The van der Waals surface area contributed by atoms with Crippen molar-refractivity contribution in [1.82, 2.24) is 10.2 Å². The van der Waals surface area contributed by atoms with Crippen LogP contribution < -0.4 is 10.0 Å². The van der Waals surface area contributed by atoms with Crippen LogP contribution in [0.3, 0.4) is 0 Å². The maximum atomic E-state index is 13.6. The minimum atomic E-state index is -3.59. The van der Waals surface area contributed by atoms with Crippen LogP contribution in [0.15, 0.2) is 23.2 Å². The van der Waals surface area contributed by atoms with E-state index >= 15 is 0 Å². The van der Waals surface area contributed by atoms with Crippen LogP contribution in [0.1, 0.15) is 32.3 Å². The van der Waals surface area contributed by atoms with Gasteiger partial charge in [0, 0.05) is 19.6 Å². The summed E-state index contributed by atoms with van der Waals surface area (Å²) < 4.78 is 40.4. The number of nitrogens with one attached hydrogen (secondary N) is 2. The molecule has 1 aromatic carbocycles. The Balaban J connectivity index is 0.00000364. The van der Waals surface area contributed by atoms with Crippen molar-refractivity contribution in [3.8, 4) is 0 Å². The number of nitrogens with zero attached hydrogens (tertiary/aromatic N) is 2. The number of likely N-dealkylation sites (tertiary alicyclic amines) is 1. The summed E-state index contributed by atoms with van der Waals surface area (Å²) in [4.78, 5) is 6.66. The highest BCUT2D eigenvalue weighted by Crippen LogP contribution is 2.16. The first-order chi connectivity index (χ1) is 12.3. The molecule has 1 saturated heterocycles. The second-order valence-corrected chi connectivity index (χ2v) is 8.66. The zero-order chi connectivity index (χ0) is 19.2. The van der Waals surface area contributed by atoms with E-state index in [4.69, 9.17) is 0 Å². The maximum Gasteiger partial charge on any atom is 0.234 e. The first-order valence-electron chi connectivity index (χ1n) is 9.10. The van der Waals surface area contributed by atoms with Crippen molar-refractivity contribution in [2.24, 2.45) is 10.9 Å². The van der Waals surface area contributed by atoms with Crippen molar-refractivity contribution in [2.75, 3.05) is 36.7 Å². The lowest BCUT2D eigenvalue weighted by Gasteiger charge is -2.33. The van der Waals surface area contributed by atoms with E-state index in [0.29, 0.717) is 11.5 Å². The number of sulfonamides is 1. The van der Waals surface area contributed by atoms with Crippen LogP contribution in [0, 0.1) is 18.7 Å². The molecule has 0 radical (unpaired) electrons. The predicted octanol–water partition coefficient (Wildman–Crippen LogP) is 3.19. The lowest BCUT2D eigenvalue weighted by Crippen LogP contribution is -2.46. The summed E-state index contributed by atoms with van der Waals surface area (Å²) in [5.74, 6) is 0.780. The smallest absolute Gasteiger partial charge is 0.234 e. The summed E-state index contributed by atoms with van der Waals surface area (Å²) in [5.41, 5.74) is 0.706. The topological polar surface area (TPSA) is 73.8 Å². The molecule has 9 heteroatoms. The quantitative estimate of drug-likeness (QED) is 0.349. The summed E-state index contributed by atoms with van der Waals surface area (Å²) >= 11 is 0. The van der Waals surface area contributed by atoms with Crippen LogP contribution in [-0.4, -0.2) is 51.2 Å². The van der Waals surface area contributed by atoms with Gasteiger partial charge < -0.3 is 10.2 Å². The Labute approximate surface area is 179 Å². The van der Waals surface area contributed by atoms with Crippen molar-refractivity contribution in [2.45, 2.75) is 33.6 Å². The second-order valence-electron chi connectivity index (χ2n) is 6.81. The molecule has 154 valence electrons. The van der Waals surface area contributed by atoms with Crippen LogP contribution in [0.4, 0.5) is 10.1 Å². The third kappa shape index (κ3) is 7.81. The predicted molar refractivity (Wildman–Crippen MR) is 120 cm³/mol. The van der Waals surface area contributed by atoms with Gasteiger partial charge in [-0.15, -0.1) is 24.0 Å². The molecule has 1 aromatic rings. The molecule has 6 nitrogen and oxygen atoms in total. The lowest BCUT2D eigenvalue weighted by atomic mass is 10.0. The molecular weight excluding hydrogens is 482 g/mol. The van der Waals surface area contributed by atoms with Crippen molar-refractivity contribution in [1.29, 1.82) is 0 Å². The summed E-state index contributed by atoms with van der Waals surface area (Å²) in [6.07, 6.45) is 2.33. The van der Waals surface area contributed by atoms with Crippen LogP contribution >= 0.6 is 24.0 Å². The van der Waals surface area contributed by atoms with E-state index in [1.54, 1.807) is 19.1 Å². The Morgan fingerprint density at radius 2 is 2.15 bits per heavy atom. The largest absolute Gasteiger partial charge is 0.357 e. The molecule has 0 aliphatic carbocycles. The van der Waals surface area contributed by atoms with Crippen LogP contribution in [0.2, 0.25) is 0 Å². The van der Waals surface area contributed by atoms with Gasteiger partial charge in [-0.05, 0) is 50.3 Å². The first kappa shape index (κ1) is 23.9. The highest BCUT2D eigenvalue weighted by atomic mass is 127.